The van der Waals surface area contributed by atoms with E-state index in [1.165, 1.54) is 0 Å². The van der Waals surface area contributed by atoms with Gasteiger partial charge in [-0.25, -0.2) is 4.99 Å². The first-order valence-corrected chi connectivity index (χ1v) is 7.65. The number of nitrogens with one attached hydrogen (secondary N) is 1. The SMILES string of the molecule is C=Nc1[nH]c2cc(-c3c(C)noc3C)c(OC)cc2c1C(Cl)=NC. The molecule has 6 nitrogen and oxygen atoms in total. The largest absolute Gasteiger partial charge is 0.496 e. The minimum Gasteiger partial charge on any atom is -0.496 e. The lowest BCUT2D eigenvalue weighted by Gasteiger charge is -2.09. The van der Waals surface area contributed by atoms with Gasteiger partial charge in [-0.1, -0.05) is 16.8 Å². The minimum absolute atomic E-state index is 0.357. The highest BCUT2D eigenvalue weighted by atomic mass is 35.5. The highest BCUT2D eigenvalue weighted by molar-refractivity contribution is 6.71. The van der Waals surface area contributed by atoms with Gasteiger partial charge < -0.3 is 14.2 Å². The first-order valence-electron chi connectivity index (χ1n) is 7.28. The van der Waals surface area contributed by atoms with Crippen molar-refractivity contribution >= 4 is 40.2 Å². The number of aromatic nitrogens is 2. The molecule has 0 radical (unpaired) electrons. The summed E-state index contributed by atoms with van der Waals surface area (Å²) in [5.74, 6) is 1.99. The normalized spacial score (nSPS) is 12.0. The zero-order valence-electron chi connectivity index (χ0n) is 13.9. The highest BCUT2D eigenvalue weighted by Crippen LogP contribution is 2.40. The van der Waals surface area contributed by atoms with Crippen LogP contribution in [0.5, 0.6) is 5.75 Å². The topological polar surface area (TPSA) is 75.8 Å². The van der Waals surface area contributed by atoms with E-state index in [2.05, 4.69) is 26.8 Å². The highest BCUT2D eigenvalue weighted by Gasteiger charge is 2.21. The Bertz CT molecular complexity index is 949. The molecule has 2 heterocycles. The van der Waals surface area contributed by atoms with Gasteiger partial charge in [-0.05, 0) is 32.7 Å². The first-order chi connectivity index (χ1) is 11.5. The average Bonchev–Trinajstić information content (AvgIpc) is 3.11. The molecule has 1 N–H and O–H groups in total. The number of hydrogen-bond acceptors (Lipinski definition) is 5. The quantitative estimate of drug-likeness (QED) is 0.713. The number of aromatic amines is 1. The molecule has 1 aromatic carbocycles. The molecule has 0 unspecified atom stereocenters. The second kappa shape index (κ2) is 6.13. The summed E-state index contributed by atoms with van der Waals surface area (Å²) in [6.45, 7) is 7.36. The van der Waals surface area contributed by atoms with E-state index in [1.807, 2.05) is 26.0 Å². The van der Waals surface area contributed by atoms with Crippen LogP contribution >= 0.6 is 11.6 Å². The molecule has 0 saturated carbocycles. The average molecular weight is 345 g/mol. The van der Waals surface area contributed by atoms with E-state index in [1.54, 1.807) is 14.2 Å². The molecule has 0 aliphatic heterocycles. The number of fused-ring (bicyclic) bond motifs is 1. The lowest BCUT2D eigenvalue weighted by atomic mass is 10.0. The zero-order chi connectivity index (χ0) is 17.4. The molecule has 0 fully saturated rings. The van der Waals surface area contributed by atoms with Crippen molar-refractivity contribution in [2.45, 2.75) is 13.8 Å². The van der Waals surface area contributed by atoms with Crippen LogP contribution in [0.2, 0.25) is 0 Å². The number of rotatable bonds is 4. The number of H-pyrrole nitrogens is 1. The van der Waals surface area contributed by atoms with Crippen LogP contribution in [0.4, 0.5) is 5.82 Å². The maximum Gasteiger partial charge on any atom is 0.141 e. The molecular weight excluding hydrogens is 328 g/mol. The van der Waals surface area contributed by atoms with Crippen LogP contribution in [-0.4, -0.2) is 36.2 Å². The Kier molecular flexibility index (Phi) is 4.15. The van der Waals surface area contributed by atoms with Gasteiger partial charge in [0.1, 0.15) is 22.5 Å². The molecular formula is C17H17ClN4O2. The standard InChI is InChI=1S/C17H17ClN4O2/c1-8-14(9(2)24-22-8)11-6-12-10(7-13(11)23-5)15(16(18)19-3)17(20-4)21-12/h6-7,21H,4H2,1-3,5H3. The van der Waals surface area contributed by atoms with E-state index in [0.29, 0.717) is 22.3 Å². The smallest absolute Gasteiger partial charge is 0.141 e. The summed E-state index contributed by atoms with van der Waals surface area (Å²) in [5.41, 5.74) is 4.15. The molecule has 0 aliphatic rings. The van der Waals surface area contributed by atoms with Crippen molar-refractivity contribution in [2.24, 2.45) is 9.98 Å². The Morgan fingerprint density at radius 1 is 1.38 bits per heavy atom. The zero-order valence-corrected chi connectivity index (χ0v) is 14.7. The van der Waals surface area contributed by atoms with Gasteiger partial charge in [-0.2, -0.15) is 0 Å². The Labute approximate surface area is 144 Å². The number of aliphatic imine (C=N–C) groups is 2. The third-order valence-electron chi connectivity index (χ3n) is 3.96. The monoisotopic (exact) mass is 344 g/mol. The third kappa shape index (κ3) is 2.39. The van der Waals surface area contributed by atoms with Crippen molar-refractivity contribution in [3.63, 3.8) is 0 Å². The predicted octanol–water partition coefficient (Wildman–Crippen LogP) is 4.40. The van der Waals surface area contributed by atoms with Crippen LogP contribution in [-0.2, 0) is 0 Å². The number of methoxy groups -OCH3 is 1. The molecule has 0 aliphatic carbocycles. The maximum absolute atomic E-state index is 6.26. The molecule has 0 bridgehead atoms. The summed E-state index contributed by atoms with van der Waals surface area (Å²) < 4.78 is 10.9. The van der Waals surface area contributed by atoms with Crippen molar-refractivity contribution in [3.8, 4) is 16.9 Å². The van der Waals surface area contributed by atoms with Crippen molar-refractivity contribution in [3.05, 3.63) is 29.2 Å². The van der Waals surface area contributed by atoms with Crippen LogP contribution < -0.4 is 4.74 Å². The summed E-state index contributed by atoms with van der Waals surface area (Å²) in [6, 6.07) is 3.88. The van der Waals surface area contributed by atoms with E-state index in [9.17, 15) is 0 Å². The van der Waals surface area contributed by atoms with E-state index >= 15 is 0 Å². The summed E-state index contributed by atoms with van der Waals surface area (Å²) >= 11 is 6.26. The maximum atomic E-state index is 6.26. The van der Waals surface area contributed by atoms with E-state index in [0.717, 1.165) is 33.5 Å². The lowest BCUT2D eigenvalue weighted by molar-refractivity contribution is 0.393. The number of halogens is 1. The van der Waals surface area contributed by atoms with Gasteiger partial charge in [0, 0.05) is 23.5 Å². The Morgan fingerprint density at radius 3 is 2.67 bits per heavy atom. The van der Waals surface area contributed by atoms with Crippen LogP contribution in [0.15, 0.2) is 26.6 Å². The van der Waals surface area contributed by atoms with Crippen molar-refractivity contribution in [1.29, 1.82) is 0 Å². The lowest BCUT2D eigenvalue weighted by Crippen LogP contribution is -1.93. The fourth-order valence-electron chi connectivity index (χ4n) is 2.88. The molecule has 7 heteroatoms. The molecule has 0 spiro atoms. The molecule has 0 saturated heterocycles. The molecule has 3 aromatic rings. The number of aryl methyl sites for hydroxylation is 2. The molecule has 3 rings (SSSR count). The van der Waals surface area contributed by atoms with E-state index in [4.69, 9.17) is 20.9 Å². The fourth-order valence-corrected chi connectivity index (χ4v) is 3.07. The number of ether oxygens (including phenoxy) is 1. The van der Waals surface area contributed by atoms with Gasteiger partial charge in [-0.3, -0.25) is 4.99 Å². The van der Waals surface area contributed by atoms with Crippen LogP contribution in [0.3, 0.4) is 0 Å². The van der Waals surface area contributed by atoms with Crippen molar-refractivity contribution < 1.29 is 9.26 Å². The van der Waals surface area contributed by atoms with Crippen LogP contribution in [0.1, 0.15) is 17.0 Å². The van der Waals surface area contributed by atoms with Crippen LogP contribution in [0, 0.1) is 13.8 Å². The van der Waals surface area contributed by atoms with E-state index in [-0.39, 0.29) is 0 Å². The van der Waals surface area contributed by atoms with Gasteiger partial charge >= 0.3 is 0 Å². The Hall–Kier alpha value is -2.60. The third-order valence-corrected chi connectivity index (χ3v) is 4.32. The molecule has 124 valence electrons. The second-order valence-electron chi connectivity index (χ2n) is 5.32. The van der Waals surface area contributed by atoms with Gasteiger partial charge in [0.15, 0.2) is 0 Å². The van der Waals surface area contributed by atoms with Gasteiger partial charge in [0.25, 0.3) is 0 Å². The van der Waals surface area contributed by atoms with Gasteiger partial charge in [-0.15, -0.1) is 0 Å². The predicted molar refractivity (Wildman–Crippen MR) is 97.3 cm³/mol. The second-order valence-corrected chi connectivity index (χ2v) is 5.68. The Morgan fingerprint density at radius 2 is 2.12 bits per heavy atom. The Balaban J connectivity index is 2.38. The minimum atomic E-state index is 0.357. The summed E-state index contributed by atoms with van der Waals surface area (Å²) in [6.07, 6.45) is 0. The molecule has 24 heavy (non-hydrogen) atoms. The summed E-state index contributed by atoms with van der Waals surface area (Å²) in [4.78, 5) is 11.3. The van der Waals surface area contributed by atoms with E-state index < -0.39 is 0 Å². The van der Waals surface area contributed by atoms with Crippen molar-refractivity contribution in [1.82, 2.24) is 10.1 Å². The van der Waals surface area contributed by atoms with Crippen LogP contribution in [0.25, 0.3) is 22.0 Å². The number of hydrogen-bond donors (Lipinski definition) is 1. The van der Waals surface area contributed by atoms with Crippen molar-refractivity contribution in [2.75, 3.05) is 14.2 Å². The number of nitrogens with zero attached hydrogens (tertiary/aromatic N) is 3. The summed E-state index contributed by atoms with van der Waals surface area (Å²) in [7, 11) is 3.25. The van der Waals surface area contributed by atoms with Gasteiger partial charge in [0.05, 0.1) is 23.9 Å². The first kappa shape index (κ1) is 16.3. The molecule has 2 aromatic heterocycles. The molecule has 0 amide bonds. The summed E-state index contributed by atoms with van der Waals surface area (Å²) in [5, 5.41) is 5.24. The fraction of sp³-hybridized carbons (Fsp3) is 0.235. The van der Waals surface area contributed by atoms with Gasteiger partial charge in [0.2, 0.25) is 0 Å². The molecule has 0 atom stereocenters. The number of benzene rings is 1.